The van der Waals surface area contributed by atoms with Crippen LogP contribution in [0.15, 0.2) is 34.9 Å². The Kier molecular flexibility index (Phi) is 7.53. The zero-order valence-electron chi connectivity index (χ0n) is 14.5. The summed E-state index contributed by atoms with van der Waals surface area (Å²) in [6.45, 7) is 3.91. The van der Waals surface area contributed by atoms with Crippen molar-refractivity contribution in [2.45, 2.75) is 33.1 Å². The molecule has 25 heavy (non-hydrogen) atoms. The summed E-state index contributed by atoms with van der Waals surface area (Å²) in [4.78, 5) is 23.7. The van der Waals surface area contributed by atoms with E-state index in [1.807, 2.05) is 24.3 Å². The first kappa shape index (κ1) is 19.1. The van der Waals surface area contributed by atoms with Gasteiger partial charge < -0.3 is 15.2 Å². The first-order valence-corrected chi connectivity index (χ1v) is 9.42. The third-order valence-electron chi connectivity index (χ3n) is 3.42. The Morgan fingerprint density at radius 3 is 2.40 bits per heavy atom. The smallest absolute Gasteiger partial charge is 0.235 e. The van der Waals surface area contributed by atoms with Crippen molar-refractivity contribution >= 4 is 35.1 Å². The number of nitrogens with one attached hydrogen (secondary N) is 2. The molecular formula is C18H23N3O3S. The average Bonchev–Trinajstić information content (AvgIpc) is 2.99. The number of carbonyl (C=O) groups excluding carboxylic acids is 2. The van der Waals surface area contributed by atoms with Crippen LogP contribution in [0.2, 0.25) is 0 Å². The number of rotatable bonds is 9. The van der Waals surface area contributed by atoms with Crippen molar-refractivity contribution in [1.82, 2.24) is 5.16 Å². The van der Waals surface area contributed by atoms with Crippen LogP contribution in [0.4, 0.5) is 11.5 Å². The predicted molar refractivity (Wildman–Crippen MR) is 101 cm³/mol. The number of hydrogen-bond donors (Lipinski definition) is 2. The van der Waals surface area contributed by atoms with Crippen LogP contribution in [0.3, 0.4) is 0 Å². The number of anilines is 2. The molecule has 0 atom stereocenters. The number of amides is 2. The van der Waals surface area contributed by atoms with Crippen molar-refractivity contribution in [3.63, 3.8) is 0 Å². The molecule has 0 saturated heterocycles. The third-order valence-corrected chi connectivity index (χ3v) is 4.35. The molecule has 2 N–H and O–H groups in total. The van der Waals surface area contributed by atoms with E-state index in [0.717, 1.165) is 18.5 Å². The van der Waals surface area contributed by atoms with Crippen molar-refractivity contribution in [1.29, 1.82) is 0 Å². The Hall–Kier alpha value is -2.28. The maximum Gasteiger partial charge on any atom is 0.235 e. The number of hydrogen-bond acceptors (Lipinski definition) is 5. The first-order valence-electron chi connectivity index (χ1n) is 8.26. The molecule has 7 heteroatoms. The van der Waals surface area contributed by atoms with Crippen molar-refractivity contribution < 1.29 is 14.1 Å². The highest BCUT2D eigenvalue weighted by molar-refractivity contribution is 8.00. The van der Waals surface area contributed by atoms with Gasteiger partial charge in [-0.05, 0) is 37.5 Å². The summed E-state index contributed by atoms with van der Waals surface area (Å²) in [5.41, 5.74) is 2.04. The molecule has 1 aromatic carbocycles. The fraction of sp³-hybridized carbons (Fsp3) is 0.389. The molecule has 2 aromatic rings. The maximum absolute atomic E-state index is 11.9. The molecule has 6 nitrogen and oxygen atoms in total. The standard InChI is InChI=1S/C18H23N3O3S/c1-3-4-5-14-6-8-15(9-7-14)19-17(22)11-25-12-18(23)20-16-10-13(2)24-21-16/h6-10H,3-5,11-12H2,1-2H3,(H,19,22)(H,20,21,23). The molecule has 2 rings (SSSR count). The Bertz CT molecular complexity index is 698. The normalized spacial score (nSPS) is 10.5. The molecule has 0 fully saturated rings. The first-order chi connectivity index (χ1) is 12.1. The van der Waals surface area contributed by atoms with Gasteiger partial charge in [-0.2, -0.15) is 0 Å². The van der Waals surface area contributed by atoms with E-state index in [1.165, 1.54) is 23.7 Å². The highest BCUT2D eigenvalue weighted by atomic mass is 32.2. The van der Waals surface area contributed by atoms with E-state index in [4.69, 9.17) is 4.52 Å². The minimum atomic E-state index is -0.216. The minimum Gasteiger partial charge on any atom is -0.360 e. The lowest BCUT2D eigenvalue weighted by Crippen LogP contribution is -2.18. The highest BCUT2D eigenvalue weighted by Crippen LogP contribution is 2.13. The molecule has 0 saturated carbocycles. The summed E-state index contributed by atoms with van der Waals surface area (Å²) in [6.07, 6.45) is 3.39. The molecule has 0 aliphatic carbocycles. The van der Waals surface area contributed by atoms with Gasteiger partial charge in [0, 0.05) is 11.8 Å². The van der Waals surface area contributed by atoms with Crippen LogP contribution in [0.1, 0.15) is 31.1 Å². The number of aryl methyl sites for hydroxylation is 2. The average molecular weight is 361 g/mol. The van der Waals surface area contributed by atoms with Crippen LogP contribution in [0, 0.1) is 6.92 Å². The van der Waals surface area contributed by atoms with Gasteiger partial charge in [-0.25, -0.2) is 0 Å². The molecule has 0 unspecified atom stereocenters. The SMILES string of the molecule is CCCCc1ccc(NC(=O)CSCC(=O)Nc2cc(C)on2)cc1. The molecule has 0 spiro atoms. The van der Waals surface area contributed by atoms with Crippen molar-refractivity contribution in [2.24, 2.45) is 0 Å². The molecule has 2 amide bonds. The van der Waals surface area contributed by atoms with Crippen molar-refractivity contribution in [3.8, 4) is 0 Å². The van der Waals surface area contributed by atoms with Gasteiger partial charge in [0.25, 0.3) is 0 Å². The Morgan fingerprint density at radius 2 is 1.80 bits per heavy atom. The van der Waals surface area contributed by atoms with E-state index < -0.39 is 0 Å². The lowest BCUT2D eigenvalue weighted by atomic mass is 10.1. The molecule has 134 valence electrons. The van der Waals surface area contributed by atoms with Gasteiger partial charge in [0.2, 0.25) is 11.8 Å². The number of unbranched alkanes of at least 4 members (excludes halogenated alkanes) is 1. The third kappa shape index (κ3) is 7.01. The molecule has 1 aromatic heterocycles. The monoisotopic (exact) mass is 361 g/mol. The van der Waals surface area contributed by atoms with Crippen LogP contribution in [0.25, 0.3) is 0 Å². The van der Waals surface area contributed by atoms with E-state index >= 15 is 0 Å². The summed E-state index contributed by atoms with van der Waals surface area (Å²) in [5.74, 6) is 1.06. The van der Waals surface area contributed by atoms with E-state index in [-0.39, 0.29) is 23.3 Å². The molecule has 1 heterocycles. The van der Waals surface area contributed by atoms with Crippen LogP contribution in [0.5, 0.6) is 0 Å². The Morgan fingerprint density at radius 1 is 1.12 bits per heavy atom. The summed E-state index contributed by atoms with van der Waals surface area (Å²) in [6, 6.07) is 9.53. The summed E-state index contributed by atoms with van der Waals surface area (Å²) in [7, 11) is 0. The van der Waals surface area contributed by atoms with Gasteiger partial charge >= 0.3 is 0 Å². The number of benzene rings is 1. The van der Waals surface area contributed by atoms with Gasteiger partial charge in [-0.3, -0.25) is 9.59 Å². The van der Waals surface area contributed by atoms with Gasteiger partial charge in [-0.1, -0.05) is 30.6 Å². The minimum absolute atomic E-state index is 0.128. The van der Waals surface area contributed by atoms with Crippen LogP contribution in [-0.2, 0) is 16.0 Å². The van der Waals surface area contributed by atoms with Gasteiger partial charge in [0.05, 0.1) is 11.5 Å². The van der Waals surface area contributed by atoms with Crippen molar-refractivity contribution in [2.75, 3.05) is 22.1 Å². The topological polar surface area (TPSA) is 84.2 Å². The van der Waals surface area contributed by atoms with E-state index in [1.54, 1.807) is 13.0 Å². The van der Waals surface area contributed by atoms with Gasteiger partial charge in [-0.15, -0.1) is 11.8 Å². The summed E-state index contributed by atoms with van der Waals surface area (Å²) >= 11 is 1.25. The second kappa shape index (κ2) is 9.88. The van der Waals surface area contributed by atoms with E-state index in [0.29, 0.717) is 11.6 Å². The van der Waals surface area contributed by atoms with Gasteiger partial charge in [0.1, 0.15) is 5.76 Å². The fourth-order valence-electron chi connectivity index (χ4n) is 2.17. The van der Waals surface area contributed by atoms with Crippen LogP contribution >= 0.6 is 11.8 Å². The molecule has 0 bridgehead atoms. The van der Waals surface area contributed by atoms with E-state index in [2.05, 4.69) is 22.7 Å². The maximum atomic E-state index is 11.9. The predicted octanol–water partition coefficient (Wildman–Crippen LogP) is 3.64. The lowest BCUT2D eigenvalue weighted by Gasteiger charge is -2.06. The summed E-state index contributed by atoms with van der Waals surface area (Å²) in [5, 5.41) is 9.13. The molecule has 0 aliphatic heterocycles. The van der Waals surface area contributed by atoms with E-state index in [9.17, 15) is 9.59 Å². The fourth-order valence-corrected chi connectivity index (χ4v) is 2.79. The number of nitrogens with zero attached hydrogens (tertiary/aromatic N) is 1. The number of aromatic nitrogens is 1. The molecule has 0 aliphatic rings. The molecule has 0 radical (unpaired) electrons. The Labute approximate surface area is 151 Å². The van der Waals surface area contributed by atoms with Crippen molar-refractivity contribution in [3.05, 3.63) is 41.7 Å². The summed E-state index contributed by atoms with van der Waals surface area (Å²) < 4.78 is 4.87. The van der Waals surface area contributed by atoms with Gasteiger partial charge in [0.15, 0.2) is 5.82 Å². The highest BCUT2D eigenvalue weighted by Gasteiger charge is 2.08. The second-order valence-electron chi connectivity index (χ2n) is 5.71. The Balaban J connectivity index is 1.67. The quantitative estimate of drug-likeness (QED) is 0.712. The largest absolute Gasteiger partial charge is 0.360 e. The lowest BCUT2D eigenvalue weighted by molar-refractivity contribution is -0.114. The number of carbonyl (C=O) groups is 2. The number of thioether (sulfide) groups is 1. The van der Waals surface area contributed by atoms with Crippen LogP contribution in [-0.4, -0.2) is 28.5 Å². The zero-order valence-corrected chi connectivity index (χ0v) is 15.3. The molecular weight excluding hydrogens is 338 g/mol. The zero-order chi connectivity index (χ0) is 18.1. The second-order valence-corrected chi connectivity index (χ2v) is 6.70. The van der Waals surface area contributed by atoms with Crippen LogP contribution < -0.4 is 10.6 Å².